The van der Waals surface area contributed by atoms with Gasteiger partial charge in [0.1, 0.15) is 0 Å². The lowest BCUT2D eigenvalue weighted by Gasteiger charge is -2.31. The van der Waals surface area contributed by atoms with Gasteiger partial charge in [0.25, 0.3) is 0 Å². The standard InChI is InChI=1S/C4H13NO6P2/c1-3-5-4(2,12(6,7)8)13(9,10)11/h5H,3H2,1-2H3,(H2,6,7,8)(H2,9,10,11). The van der Waals surface area contributed by atoms with Crippen LogP contribution in [0.5, 0.6) is 0 Å². The second-order valence-corrected chi connectivity index (χ2v) is 6.96. The Morgan fingerprint density at radius 1 is 1.15 bits per heavy atom. The van der Waals surface area contributed by atoms with Crippen molar-refractivity contribution < 1.29 is 28.7 Å². The van der Waals surface area contributed by atoms with Crippen molar-refractivity contribution in [2.45, 2.75) is 18.9 Å². The fourth-order valence-corrected chi connectivity index (χ4v) is 2.80. The molecule has 0 aromatic rings. The minimum absolute atomic E-state index is 0.0483. The Kier molecular flexibility index (Phi) is 3.86. The van der Waals surface area contributed by atoms with Gasteiger partial charge in [-0.1, -0.05) is 6.92 Å². The van der Waals surface area contributed by atoms with Crippen LogP contribution in [0.25, 0.3) is 0 Å². The summed E-state index contributed by atoms with van der Waals surface area (Å²) in [7, 11) is -9.80. The van der Waals surface area contributed by atoms with Crippen molar-refractivity contribution in [3.63, 3.8) is 0 Å². The highest BCUT2D eigenvalue weighted by Gasteiger charge is 2.55. The predicted octanol–water partition coefficient (Wildman–Crippen LogP) is -0.375. The smallest absolute Gasteiger partial charge is 0.323 e. The SMILES string of the molecule is CCNC(C)(P(=O)(O)O)P(=O)(O)O. The number of hydrogen-bond donors (Lipinski definition) is 5. The summed E-state index contributed by atoms with van der Waals surface area (Å²) in [5.74, 6) is 0. The topological polar surface area (TPSA) is 127 Å². The molecule has 13 heavy (non-hydrogen) atoms. The van der Waals surface area contributed by atoms with Crippen molar-refractivity contribution in [2.24, 2.45) is 0 Å². The van der Waals surface area contributed by atoms with Crippen LogP contribution in [0.3, 0.4) is 0 Å². The Morgan fingerprint density at radius 3 is 1.54 bits per heavy atom. The minimum atomic E-state index is -4.90. The first-order valence-corrected chi connectivity index (χ1v) is 6.65. The summed E-state index contributed by atoms with van der Waals surface area (Å²) in [5, 5.41) is -0.379. The molecule has 0 aromatic heterocycles. The zero-order chi connectivity index (χ0) is 10.9. The zero-order valence-corrected chi connectivity index (χ0v) is 9.00. The third kappa shape index (κ3) is 2.60. The van der Waals surface area contributed by atoms with Gasteiger partial charge in [-0.3, -0.25) is 14.4 Å². The molecule has 0 bridgehead atoms. The summed E-state index contributed by atoms with van der Waals surface area (Å²) in [6, 6.07) is 0. The van der Waals surface area contributed by atoms with Crippen LogP contribution < -0.4 is 5.32 Å². The van der Waals surface area contributed by atoms with E-state index in [1.165, 1.54) is 6.92 Å². The van der Waals surface area contributed by atoms with Crippen LogP contribution in [0.2, 0.25) is 0 Å². The normalized spacial score (nSPS) is 14.6. The van der Waals surface area contributed by atoms with Crippen LogP contribution in [0.4, 0.5) is 0 Å². The molecule has 9 heteroatoms. The van der Waals surface area contributed by atoms with Gasteiger partial charge in [0.2, 0.25) is 5.02 Å². The summed E-state index contributed by atoms with van der Waals surface area (Å²) >= 11 is 0. The van der Waals surface area contributed by atoms with Crippen LogP contribution in [-0.2, 0) is 9.13 Å². The molecule has 0 aliphatic heterocycles. The van der Waals surface area contributed by atoms with E-state index in [4.69, 9.17) is 19.6 Å². The van der Waals surface area contributed by atoms with Crippen molar-refractivity contribution in [3.05, 3.63) is 0 Å². The van der Waals surface area contributed by atoms with Crippen LogP contribution in [-0.4, -0.2) is 31.1 Å². The first kappa shape index (κ1) is 13.3. The van der Waals surface area contributed by atoms with Crippen LogP contribution in [0, 0.1) is 0 Å². The van der Waals surface area contributed by atoms with Crippen molar-refractivity contribution in [2.75, 3.05) is 6.54 Å². The van der Waals surface area contributed by atoms with E-state index in [1.54, 1.807) is 0 Å². The molecule has 0 aliphatic carbocycles. The number of hydrogen-bond acceptors (Lipinski definition) is 3. The molecule has 80 valence electrons. The molecule has 5 N–H and O–H groups in total. The number of rotatable bonds is 4. The Bertz CT molecular complexity index is 244. The van der Waals surface area contributed by atoms with Gasteiger partial charge in [-0.25, -0.2) is 0 Å². The van der Waals surface area contributed by atoms with Gasteiger partial charge in [0.15, 0.2) is 0 Å². The lowest BCUT2D eigenvalue weighted by Crippen LogP contribution is -2.41. The van der Waals surface area contributed by atoms with Crippen molar-refractivity contribution in [1.82, 2.24) is 5.32 Å². The third-order valence-corrected chi connectivity index (χ3v) is 5.79. The highest BCUT2D eigenvalue weighted by Crippen LogP contribution is 2.66. The molecule has 0 rings (SSSR count). The van der Waals surface area contributed by atoms with Gasteiger partial charge < -0.3 is 19.6 Å². The van der Waals surface area contributed by atoms with Gasteiger partial charge in [0, 0.05) is 0 Å². The molecule has 0 aliphatic rings. The predicted molar refractivity (Wildman–Crippen MR) is 46.2 cm³/mol. The van der Waals surface area contributed by atoms with E-state index in [-0.39, 0.29) is 6.54 Å². The first-order chi connectivity index (χ1) is 5.56. The van der Waals surface area contributed by atoms with E-state index in [0.717, 1.165) is 6.92 Å². The maximum Gasteiger partial charge on any atom is 0.357 e. The van der Waals surface area contributed by atoms with E-state index < -0.39 is 20.2 Å². The molecule has 0 aromatic carbocycles. The van der Waals surface area contributed by atoms with Gasteiger partial charge >= 0.3 is 15.2 Å². The summed E-state index contributed by atoms with van der Waals surface area (Å²) < 4.78 is 21.7. The molecule has 0 radical (unpaired) electrons. The van der Waals surface area contributed by atoms with Gasteiger partial charge in [-0.15, -0.1) is 0 Å². The van der Waals surface area contributed by atoms with E-state index in [9.17, 15) is 9.13 Å². The Balaban J connectivity index is 5.22. The molecule has 0 fully saturated rings. The van der Waals surface area contributed by atoms with Gasteiger partial charge in [-0.05, 0) is 13.5 Å². The zero-order valence-electron chi connectivity index (χ0n) is 7.21. The second kappa shape index (κ2) is 3.79. The molecular formula is C4H13NO6P2. The molecule has 0 atom stereocenters. The van der Waals surface area contributed by atoms with Crippen molar-refractivity contribution in [3.8, 4) is 0 Å². The maximum absolute atomic E-state index is 10.8. The largest absolute Gasteiger partial charge is 0.357 e. The average molecular weight is 233 g/mol. The van der Waals surface area contributed by atoms with E-state index >= 15 is 0 Å². The Hall–Kier alpha value is 0.260. The van der Waals surface area contributed by atoms with Gasteiger partial charge in [0.05, 0.1) is 0 Å². The minimum Gasteiger partial charge on any atom is -0.323 e. The average Bonchev–Trinajstić information content (AvgIpc) is 1.82. The second-order valence-electron chi connectivity index (χ2n) is 2.64. The molecule has 0 saturated heterocycles. The van der Waals surface area contributed by atoms with E-state index in [2.05, 4.69) is 5.32 Å². The highest BCUT2D eigenvalue weighted by atomic mass is 31.2. The molecule has 0 heterocycles. The first-order valence-electron chi connectivity index (χ1n) is 3.42. The molecule has 0 saturated carbocycles. The monoisotopic (exact) mass is 233 g/mol. The summed E-state index contributed by atoms with van der Waals surface area (Å²) in [5.41, 5.74) is 0. The summed E-state index contributed by atoms with van der Waals surface area (Å²) in [6.45, 7) is 2.34. The number of nitrogens with one attached hydrogen (secondary N) is 1. The maximum atomic E-state index is 10.8. The Labute approximate surface area is 75.5 Å². The highest BCUT2D eigenvalue weighted by molar-refractivity contribution is 7.72. The molecule has 0 unspecified atom stereocenters. The van der Waals surface area contributed by atoms with E-state index in [1.807, 2.05) is 0 Å². The fourth-order valence-electron chi connectivity index (χ4n) is 0.711. The molecule has 0 spiro atoms. The van der Waals surface area contributed by atoms with E-state index in [0.29, 0.717) is 0 Å². The fraction of sp³-hybridized carbons (Fsp3) is 1.00. The third-order valence-electron chi connectivity index (χ3n) is 1.65. The molecule has 0 amide bonds. The Morgan fingerprint density at radius 2 is 1.46 bits per heavy atom. The molecule has 7 nitrogen and oxygen atoms in total. The lowest BCUT2D eigenvalue weighted by molar-refractivity contribution is 0.297. The molecular weight excluding hydrogens is 220 g/mol. The summed E-state index contributed by atoms with van der Waals surface area (Å²) in [4.78, 5) is 35.0. The van der Waals surface area contributed by atoms with Gasteiger partial charge in [-0.2, -0.15) is 0 Å². The quantitative estimate of drug-likeness (QED) is 0.419. The van der Waals surface area contributed by atoms with Crippen LogP contribution in [0.15, 0.2) is 0 Å². The lowest BCUT2D eigenvalue weighted by atomic mass is 10.6. The van der Waals surface area contributed by atoms with Crippen LogP contribution >= 0.6 is 15.2 Å². The van der Waals surface area contributed by atoms with Crippen LogP contribution in [0.1, 0.15) is 13.8 Å². The van der Waals surface area contributed by atoms with Crippen molar-refractivity contribution >= 4 is 15.2 Å². The summed E-state index contributed by atoms with van der Waals surface area (Å²) in [6.07, 6.45) is 0. The van der Waals surface area contributed by atoms with Crippen molar-refractivity contribution in [1.29, 1.82) is 0 Å².